The van der Waals surface area contributed by atoms with Crippen molar-refractivity contribution >= 4 is 19.1 Å². The number of nitriles is 1. The Labute approximate surface area is 145 Å². The van der Waals surface area contributed by atoms with E-state index in [4.69, 9.17) is 12.8 Å². The van der Waals surface area contributed by atoms with E-state index in [0.29, 0.717) is 28.9 Å². The fraction of sp³-hybridized carbons (Fsp3) is 0.579. The van der Waals surface area contributed by atoms with Gasteiger partial charge in [0.05, 0.1) is 5.56 Å². The van der Waals surface area contributed by atoms with E-state index < -0.39 is 0 Å². The fourth-order valence-electron chi connectivity index (χ4n) is 3.77. The molecule has 2 saturated carbocycles. The molecule has 0 amide bonds. The van der Waals surface area contributed by atoms with Crippen LogP contribution in [0.15, 0.2) is 18.3 Å². The van der Waals surface area contributed by atoms with Gasteiger partial charge < -0.3 is 9.80 Å². The van der Waals surface area contributed by atoms with Gasteiger partial charge in [-0.3, -0.25) is 0 Å². The first-order valence-electron chi connectivity index (χ1n) is 8.99. The standard InChI is InChI=1S/C19H23BN4/c1-12-11-23(7-8-24(12)13(2)14-3-4-14)19-16(10-21)9-17(20)18(22-19)15-5-6-15/h9,12,14-15H,2-8,11H2,1H3. The van der Waals surface area contributed by atoms with Gasteiger partial charge in [0.2, 0.25) is 0 Å². The summed E-state index contributed by atoms with van der Waals surface area (Å²) in [6, 6.07) is 4.49. The maximum Gasteiger partial charge on any atom is 0.146 e. The summed E-state index contributed by atoms with van der Waals surface area (Å²) in [5, 5.41) is 9.51. The second-order valence-electron chi connectivity index (χ2n) is 7.47. The number of pyridine rings is 1. The van der Waals surface area contributed by atoms with Crippen LogP contribution in [0.3, 0.4) is 0 Å². The number of aromatic nitrogens is 1. The summed E-state index contributed by atoms with van der Waals surface area (Å²) in [4.78, 5) is 9.52. The summed E-state index contributed by atoms with van der Waals surface area (Å²) in [6.07, 6.45) is 4.89. The smallest absolute Gasteiger partial charge is 0.146 e. The average Bonchev–Trinajstić information content (AvgIpc) is 3.46. The van der Waals surface area contributed by atoms with Crippen LogP contribution in [0.5, 0.6) is 0 Å². The highest BCUT2D eigenvalue weighted by molar-refractivity contribution is 6.33. The minimum Gasteiger partial charge on any atom is -0.369 e. The van der Waals surface area contributed by atoms with E-state index in [1.54, 1.807) is 0 Å². The third kappa shape index (κ3) is 2.79. The Morgan fingerprint density at radius 3 is 2.67 bits per heavy atom. The molecule has 2 aliphatic carbocycles. The Morgan fingerprint density at radius 2 is 2.08 bits per heavy atom. The Kier molecular flexibility index (Phi) is 3.79. The topological polar surface area (TPSA) is 43.2 Å². The van der Waals surface area contributed by atoms with Crippen LogP contribution in [-0.4, -0.2) is 43.4 Å². The van der Waals surface area contributed by atoms with Gasteiger partial charge in [-0.15, -0.1) is 0 Å². The summed E-state index contributed by atoms with van der Waals surface area (Å²) < 4.78 is 0. The second kappa shape index (κ2) is 5.84. The van der Waals surface area contributed by atoms with Gasteiger partial charge >= 0.3 is 0 Å². The van der Waals surface area contributed by atoms with Gasteiger partial charge in [0.25, 0.3) is 0 Å². The van der Waals surface area contributed by atoms with Crippen LogP contribution in [0, 0.1) is 17.2 Å². The van der Waals surface area contributed by atoms with Gasteiger partial charge in [-0.2, -0.15) is 5.26 Å². The van der Waals surface area contributed by atoms with Crippen molar-refractivity contribution in [2.45, 2.75) is 44.6 Å². The molecule has 1 unspecified atom stereocenters. The molecule has 1 aromatic rings. The number of piperazine rings is 1. The molecular weight excluding hydrogens is 295 g/mol. The normalized spacial score (nSPS) is 23.9. The van der Waals surface area contributed by atoms with E-state index in [-0.39, 0.29) is 0 Å². The number of nitrogens with zero attached hydrogens (tertiary/aromatic N) is 4. The van der Waals surface area contributed by atoms with Crippen molar-refractivity contribution in [1.29, 1.82) is 5.26 Å². The van der Waals surface area contributed by atoms with Crippen LogP contribution in [-0.2, 0) is 0 Å². The number of hydrogen-bond donors (Lipinski definition) is 0. The van der Waals surface area contributed by atoms with E-state index in [2.05, 4.69) is 29.4 Å². The molecule has 1 aliphatic heterocycles. The first-order valence-corrected chi connectivity index (χ1v) is 8.99. The lowest BCUT2D eigenvalue weighted by molar-refractivity contribution is 0.232. The lowest BCUT2D eigenvalue weighted by atomic mass is 9.90. The van der Waals surface area contributed by atoms with Crippen LogP contribution in [0.2, 0.25) is 0 Å². The Balaban J connectivity index is 1.57. The van der Waals surface area contributed by atoms with Gasteiger partial charge in [-0.1, -0.05) is 12.0 Å². The van der Waals surface area contributed by atoms with Crippen LogP contribution in [0.25, 0.3) is 0 Å². The number of anilines is 1. The highest BCUT2D eigenvalue weighted by Crippen LogP contribution is 2.40. The molecule has 4 rings (SSSR count). The average molecular weight is 318 g/mol. The van der Waals surface area contributed by atoms with Crippen molar-refractivity contribution < 1.29 is 0 Å². The molecule has 3 fully saturated rings. The predicted molar refractivity (Wildman–Crippen MR) is 96.6 cm³/mol. The monoisotopic (exact) mass is 318 g/mol. The molecule has 2 radical (unpaired) electrons. The zero-order valence-corrected chi connectivity index (χ0v) is 14.3. The molecule has 2 heterocycles. The molecule has 0 N–H and O–H groups in total. The minimum atomic E-state index is 0.391. The second-order valence-corrected chi connectivity index (χ2v) is 7.47. The number of rotatable bonds is 4. The van der Waals surface area contributed by atoms with Crippen LogP contribution in [0.1, 0.15) is 49.8 Å². The molecule has 0 aromatic carbocycles. The summed E-state index contributed by atoms with van der Waals surface area (Å²) in [5.74, 6) is 2.01. The Bertz CT molecular complexity index is 715. The van der Waals surface area contributed by atoms with E-state index in [1.165, 1.54) is 18.5 Å². The van der Waals surface area contributed by atoms with Crippen LogP contribution >= 0.6 is 0 Å². The van der Waals surface area contributed by atoms with Gasteiger partial charge in [0.15, 0.2) is 0 Å². The molecule has 24 heavy (non-hydrogen) atoms. The van der Waals surface area contributed by atoms with E-state index in [9.17, 15) is 5.26 Å². The highest BCUT2D eigenvalue weighted by atomic mass is 15.3. The van der Waals surface area contributed by atoms with Crippen LogP contribution < -0.4 is 10.4 Å². The SMILES string of the molecule is [B]c1cc(C#N)c(N2CCN(C(=C)C3CC3)C(C)C2)nc1C1CC1. The molecule has 0 spiro atoms. The minimum absolute atomic E-state index is 0.391. The molecule has 122 valence electrons. The summed E-state index contributed by atoms with van der Waals surface area (Å²) in [6.45, 7) is 9.25. The first-order chi connectivity index (χ1) is 11.6. The molecule has 1 saturated heterocycles. The summed E-state index contributed by atoms with van der Waals surface area (Å²) in [7, 11) is 6.11. The van der Waals surface area contributed by atoms with Gasteiger partial charge in [0.1, 0.15) is 19.7 Å². The number of hydrogen-bond acceptors (Lipinski definition) is 4. The quantitative estimate of drug-likeness (QED) is 0.797. The van der Waals surface area contributed by atoms with Crippen molar-refractivity contribution in [3.8, 4) is 6.07 Å². The molecule has 3 aliphatic rings. The van der Waals surface area contributed by atoms with Crippen molar-refractivity contribution in [2.24, 2.45) is 5.92 Å². The predicted octanol–water partition coefficient (Wildman–Crippen LogP) is 2.06. The summed E-state index contributed by atoms with van der Waals surface area (Å²) in [5.41, 5.74) is 3.55. The maximum atomic E-state index is 9.51. The molecule has 0 bridgehead atoms. The number of allylic oxidation sites excluding steroid dienone is 1. The molecule has 5 heteroatoms. The lowest BCUT2D eigenvalue weighted by Crippen LogP contribution is -2.52. The van der Waals surface area contributed by atoms with Gasteiger partial charge in [-0.25, -0.2) is 4.98 Å². The third-order valence-corrected chi connectivity index (χ3v) is 5.49. The Morgan fingerprint density at radius 1 is 1.33 bits per heavy atom. The fourth-order valence-corrected chi connectivity index (χ4v) is 3.77. The van der Waals surface area contributed by atoms with Gasteiger partial charge in [0, 0.05) is 43.0 Å². The van der Waals surface area contributed by atoms with Crippen molar-refractivity contribution in [3.63, 3.8) is 0 Å². The van der Waals surface area contributed by atoms with Crippen molar-refractivity contribution in [2.75, 3.05) is 24.5 Å². The van der Waals surface area contributed by atoms with Crippen molar-refractivity contribution in [1.82, 2.24) is 9.88 Å². The molecule has 1 atom stereocenters. The zero-order valence-electron chi connectivity index (χ0n) is 14.3. The lowest BCUT2D eigenvalue weighted by Gasteiger charge is -2.43. The van der Waals surface area contributed by atoms with E-state index in [1.807, 2.05) is 6.07 Å². The highest BCUT2D eigenvalue weighted by Gasteiger charge is 2.34. The molecule has 4 nitrogen and oxygen atoms in total. The van der Waals surface area contributed by atoms with Crippen LogP contribution in [0.4, 0.5) is 5.82 Å². The summed E-state index contributed by atoms with van der Waals surface area (Å²) >= 11 is 0. The molecule has 1 aromatic heterocycles. The largest absolute Gasteiger partial charge is 0.369 e. The van der Waals surface area contributed by atoms with E-state index >= 15 is 0 Å². The first kappa shape index (κ1) is 15.6. The zero-order chi connectivity index (χ0) is 16.8. The van der Waals surface area contributed by atoms with Gasteiger partial charge in [-0.05, 0) is 44.6 Å². The maximum absolute atomic E-state index is 9.51. The molecular formula is C19H23BN4. The third-order valence-electron chi connectivity index (χ3n) is 5.49. The van der Waals surface area contributed by atoms with E-state index in [0.717, 1.165) is 44.0 Å². The Hall–Kier alpha value is -1.96. The van der Waals surface area contributed by atoms with Crippen molar-refractivity contribution in [3.05, 3.63) is 29.6 Å².